The third kappa shape index (κ3) is 4.09. The zero-order valence-electron chi connectivity index (χ0n) is 15.6. The van der Waals surface area contributed by atoms with Crippen LogP contribution in [0.5, 0.6) is 0 Å². The van der Waals surface area contributed by atoms with Crippen molar-refractivity contribution in [1.82, 2.24) is 25.0 Å². The Labute approximate surface area is 153 Å². The van der Waals surface area contributed by atoms with Gasteiger partial charge in [0.2, 0.25) is 5.91 Å². The summed E-state index contributed by atoms with van der Waals surface area (Å²) in [6.45, 7) is 5.92. The summed E-state index contributed by atoms with van der Waals surface area (Å²) in [5.41, 5.74) is 1.40. The number of likely N-dealkylation sites (tertiary alicyclic amines) is 1. The van der Waals surface area contributed by atoms with Crippen LogP contribution >= 0.6 is 0 Å². The van der Waals surface area contributed by atoms with Crippen molar-refractivity contribution in [2.75, 3.05) is 13.1 Å². The maximum Gasteiger partial charge on any atom is 0.223 e. The van der Waals surface area contributed by atoms with E-state index < -0.39 is 0 Å². The number of rotatable bonds is 5. The lowest BCUT2D eigenvalue weighted by Gasteiger charge is -2.34. The highest BCUT2D eigenvalue weighted by molar-refractivity contribution is 5.78. The van der Waals surface area contributed by atoms with E-state index in [4.69, 9.17) is 0 Å². The number of aromatic nitrogens is 3. The first-order chi connectivity index (χ1) is 12.5. The molecular formula is C19H26FN5O. The van der Waals surface area contributed by atoms with Gasteiger partial charge in [-0.25, -0.2) is 4.39 Å². The van der Waals surface area contributed by atoms with Gasteiger partial charge in [0.1, 0.15) is 18.0 Å². The Hall–Kier alpha value is -2.28. The Morgan fingerprint density at radius 1 is 1.38 bits per heavy atom. The first kappa shape index (κ1) is 18.5. The van der Waals surface area contributed by atoms with Gasteiger partial charge in [0.25, 0.3) is 0 Å². The van der Waals surface area contributed by atoms with Crippen molar-refractivity contribution in [3.8, 4) is 0 Å². The van der Waals surface area contributed by atoms with Crippen molar-refractivity contribution >= 4 is 5.91 Å². The number of aryl methyl sites for hydroxylation is 2. The lowest BCUT2D eigenvalue weighted by molar-refractivity contribution is -0.126. The summed E-state index contributed by atoms with van der Waals surface area (Å²) < 4.78 is 15.5. The average Bonchev–Trinajstić information content (AvgIpc) is 3.08. The molecular weight excluding hydrogens is 333 g/mol. The molecule has 1 N–H and O–H groups in total. The molecule has 0 saturated carbocycles. The van der Waals surface area contributed by atoms with Crippen LogP contribution in [0.2, 0.25) is 0 Å². The first-order valence-electron chi connectivity index (χ1n) is 9.06. The second-order valence-corrected chi connectivity index (χ2v) is 7.09. The van der Waals surface area contributed by atoms with E-state index in [0.717, 1.165) is 37.3 Å². The molecule has 1 fully saturated rings. The Kier molecular flexibility index (Phi) is 5.66. The summed E-state index contributed by atoms with van der Waals surface area (Å²) in [5, 5.41) is 11.1. The highest BCUT2D eigenvalue weighted by atomic mass is 19.1. The fraction of sp³-hybridized carbons (Fsp3) is 0.526. The number of halogens is 1. The molecule has 0 aliphatic carbocycles. The monoisotopic (exact) mass is 359 g/mol. The number of carbonyl (C=O) groups is 1. The largest absolute Gasteiger partial charge is 0.352 e. The molecule has 1 aromatic carbocycles. The first-order valence-corrected chi connectivity index (χ1v) is 9.06. The van der Waals surface area contributed by atoms with Gasteiger partial charge in [0.05, 0.1) is 6.04 Å². The van der Waals surface area contributed by atoms with Gasteiger partial charge in [-0.3, -0.25) is 9.69 Å². The number of amides is 1. The van der Waals surface area contributed by atoms with Crippen molar-refractivity contribution in [2.45, 2.75) is 39.3 Å². The maximum absolute atomic E-state index is 13.6. The lowest BCUT2D eigenvalue weighted by atomic mass is 9.94. The SMILES string of the molecule is Cc1ccc(CNC(=O)C2CCN(C(C)c3nncn3C)CC2)cc1F. The topological polar surface area (TPSA) is 63.1 Å². The zero-order valence-corrected chi connectivity index (χ0v) is 15.6. The van der Waals surface area contributed by atoms with Crippen LogP contribution in [-0.4, -0.2) is 38.7 Å². The molecule has 7 heteroatoms. The van der Waals surface area contributed by atoms with Gasteiger partial charge in [-0.2, -0.15) is 0 Å². The number of benzene rings is 1. The van der Waals surface area contributed by atoms with Crippen LogP contribution in [0.4, 0.5) is 4.39 Å². The number of nitrogens with one attached hydrogen (secondary N) is 1. The number of nitrogens with zero attached hydrogens (tertiary/aromatic N) is 4. The summed E-state index contributed by atoms with van der Waals surface area (Å²) in [7, 11) is 1.94. The molecule has 26 heavy (non-hydrogen) atoms. The second kappa shape index (κ2) is 7.95. The third-order valence-electron chi connectivity index (χ3n) is 5.27. The minimum atomic E-state index is -0.234. The second-order valence-electron chi connectivity index (χ2n) is 7.09. The Morgan fingerprint density at radius 2 is 2.12 bits per heavy atom. The smallest absolute Gasteiger partial charge is 0.223 e. The fourth-order valence-corrected chi connectivity index (χ4v) is 3.46. The van der Waals surface area contributed by atoms with E-state index in [1.807, 2.05) is 17.7 Å². The molecule has 2 aromatic rings. The average molecular weight is 359 g/mol. The normalized spacial score (nSPS) is 17.2. The fourth-order valence-electron chi connectivity index (χ4n) is 3.46. The molecule has 0 radical (unpaired) electrons. The van der Waals surface area contributed by atoms with E-state index in [-0.39, 0.29) is 23.7 Å². The van der Waals surface area contributed by atoms with Crippen LogP contribution in [0.3, 0.4) is 0 Å². The Bertz CT molecular complexity index is 767. The number of carbonyl (C=O) groups excluding carboxylic acids is 1. The molecule has 1 aromatic heterocycles. The van der Waals surface area contributed by atoms with Crippen LogP contribution < -0.4 is 5.32 Å². The minimum Gasteiger partial charge on any atom is -0.352 e. The number of hydrogen-bond donors (Lipinski definition) is 1. The molecule has 1 aliphatic heterocycles. The van der Waals surface area contributed by atoms with Gasteiger partial charge in [-0.1, -0.05) is 12.1 Å². The Morgan fingerprint density at radius 3 is 2.73 bits per heavy atom. The van der Waals surface area contributed by atoms with Gasteiger partial charge >= 0.3 is 0 Å². The highest BCUT2D eigenvalue weighted by Crippen LogP contribution is 2.25. The van der Waals surface area contributed by atoms with E-state index in [1.54, 1.807) is 19.3 Å². The van der Waals surface area contributed by atoms with Crippen molar-refractivity contribution in [3.63, 3.8) is 0 Å². The van der Waals surface area contributed by atoms with Crippen LogP contribution in [0, 0.1) is 18.7 Å². The standard InChI is InChI=1S/C19H26FN5O/c1-13-4-5-15(10-17(13)20)11-21-19(26)16-6-8-25(9-7-16)14(2)18-23-22-12-24(18)3/h4-5,10,12,14,16H,6-9,11H2,1-3H3,(H,21,26). The van der Waals surface area contributed by atoms with Crippen molar-refractivity contribution in [2.24, 2.45) is 13.0 Å². The van der Waals surface area contributed by atoms with Gasteiger partial charge in [0.15, 0.2) is 0 Å². The molecule has 140 valence electrons. The number of piperidine rings is 1. The van der Waals surface area contributed by atoms with E-state index in [1.165, 1.54) is 6.07 Å². The quantitative estimate of drug-likeness (QED) is 0.890. The molecule has 1 saturated heterocycles. The molecule has 6 nitrogen and oxygen atoms in total. The van der Waals surface area contributed by atoms with E-state index >= 15 is 0 Å². The molecule has 1 atom stereocenters. The molecule has 3 rings (SSSR count). The van der Waals surface area contributed by atoms with Crippen LogP contribution in [0.15, 0.2) is 24.5 Å². The summed E-state index contributed by atoms with van der Waals surface area (Å²) in [6, 6.07) is 5.26. The van der Waals surface area contributed by atoms with Crippen molar-refractivity contribution < 1.29 is 9.18 Å². The van der Waals surface area contributed by atoms with E-state index in [9.17, 15) is 9.18 Å². The summed E-state index contributed by atoms with van der Waals surface area (Å²) in [4.78, 5) is 14.8. The highest BCUT2D eigenvalue weighted by Gasteiger charge is 2.29. The molecule has 1 aliphatic rings. The van der Waals surface area contributed by atoms with Crippen LogP contribution in [0.1, 0.15) is 42.8 Å². The van der Waals surface area contributed by atoms with Gasteiger partial charge in [-0.15, -0.1) is 10.2 Å². The number of hydrogen-bond acceptors (Lipinski definition) is 4. The summed E-state index contributed by atoms with van der Waals surface area (Å²) in [5.74, 6) is 0.766. The lowest BCUT2D eigenvalue weighted by Crippen LogP contribution is -2.41. The summed E-state index contributed by atoms with van der Waals surface area (Å²) in [6.07, 6.45) is 3.34. The van der Waals surface area contributed by atoms with Crippen LogP contribution in [-0.2, 0) is 18.4 Å². The Balaban J connectivity index is 1.49. The minimum absolute atomic E-state index is 0.00763. The predicted octanol–water partition coefficient (Wildman–Crippen LogP) is 2.35. The van der Waals surface area contributed by atoms with Gasteiger partial charge < -0.3 is 9.88 Å². The molecule has 0 spiro atoms. The predicted molar refractivity (Wildman–Crippen MR) is 96.7 cm³/mol. The van der Waals surface area contributed by atoms with E-state index in [2.05, 4.69) is 27.3 Å². The van der Waals surface area contributed by atoms with Crippen molar-refractivity contribution in [3.05, 3.63) is 47.3 Å². The summed E-state index contributed by atoms with van der Waals surface area (Å²) >= 11 is 0. The zero-order chi connectivity index (χ0) is 18.7. The van der Waals surface area contributed by atoms with Crippen molar-refractivity contribution in [1.29, 1.82) is 0 Å². The molecule has 1 amide bonds. The third-order valence-corrected chi connectivity index (χ3v) is 5.27. The molecule has 0 bridgehead atoms. The van der Waals surface area contributed by atoms with E-state index in [0.29, 0.717) is 12.1 Å². The van der Waals surface area contributed by atoms with Gasteiger partial charge in [-0.05, 0) is 57.0 Å². The van der Waals surface area contributed by atoms with Gasteiger partial charge in [0, 0.05) is 19.5 Å². The van der Waals surface area contributed by atoms with Crippen LogP contribution in [0.25, 0.3) is 0 Å². The molecule has 1 unspecified atom stereocenters. The molecule has 2 heterocycles. The maximum atomic E-state index is 13.6.